The number of fused-ring (bicyclic) bond motifs is 1. The van der Waals surface area contributed by atoms with Gasteiger partial charge in [0.25, 0.3) is 0 Å². The van der Waals surface area contributed by atoms with Gasteiger partial charge in [0.2, 0.25) is 5.75 Å². The van der Waals surface area contributed by atoms with Crippen LogP contribution in [0.25, 0.3) is 22.3 Å². The van der Waals surface area contributed by atoms with Crippen molar-refractivity contribution in [3.05, 3.63) is 53.9 Å². The number of carboxylic acid groups (broad SMARTS) is 1. The molecule has 0 bridgehead atoms. The molecule has 2 aromatic carbocycles. The maximum atomic E-state index is 13.8. The number of hydrogen-bond acceptors (Lipinski definition) is 9. The van der Waals surface area contributed by atoms with Crippen molar-refractivity contribution in [3.63, 3.8) is 0 Å². The Kier molecular flexibility index (Phi) is 8.11. The number of benzene rings is 2. The van der Waals surface area contributed by atoms with Gasteiger partial charge < -0.3 is 33.3 Å². The maximum absolute atomic E-state index is 13.8. The molecule has 0 radical (unpaired) electrons. The Bertz CT molecular complexity index is 1370. The molecule has 0 amide bonds. The Morgan fingerprint density at radius 3 is 2.26 bits per heavy atom. The quantitative estimate of drug-likeness (QED) is 0.222. The van der Waals surface area contributed by atoms with Crippen LogP contribution in [-0.4, -0.2) is 50.0 Å². The number of aliphatic carboxylic acids is 1. The van der Waals surface area contributed by atoms with E-state index in [0.29, 0.717) is 39.5 Å². The fourth-order valence-electron chi connectivity index (χ4n) is 3.69. The van der Waals surface area contributed by atoms with Crippen LogP contribution in [0.4, 0.5) is 0 Å². The van der Waals surface area contributed by atoms with Crippen molar-refractivity contribution in [1.82, 2.24) is 9.78 Å². The second kappa shape index (κ2) is 10.9. The summed E-state index contributed by atoms with van der Waals surface area (Å²) >= 11 is 0. The summed E-state index contributed by atoms with van der Waals surface area (Å²) in [5, 5.41) is 15.5. The summed E-state index contributed by atoms with van der Waals surface area (Å²) in [6, 6.07) is 8.20. The summed E-state index contributed by atoms with van der Waals surface area (Å²) in [4.78, 5) is 24.8. The molecule has 0 fully saturated rings. The molecule has 4 rings (SSSR count). The van der Waals surface area contributed by atoms with Crippen LogP contribution < -0.4 is 53.6 Å². The van der Waals surface area contributed by atoms with Gasteiger partial charge in [-0.1, -0.05) is 0 Å². The van der Waals surface area contributed by atoms with Crippen LogP contribution in [0.3, 0.4) is 0 Å². The van der Waals surface area contributed by atoms with Gasteiger partial charge in [-0.25, -0.2) is 0 Å². The molecule has 35 heavy (non-hydrogen) atoms. The molecule has 11 heteroatoms. The van der Waals surface area contributed by atoms with E-state index < -0.39 is 12.5 Å². The van der Waals surface area contributed by atoms with Gasteiger partial charge in [0.05, 0.1) is 58.3 Å². The van der Waals surface area contributed by atoms with Crippen molar-refractivity contribution >= 4 is 22.7 Å². The molecule has 0 spiro atoms. The monoisotopic (exact) mass is 488 g/mol. The number of carbonyl (C=O) groups excluding carboxylic acids is 2. The zero-order valence-electron chi connectivity index (χ0n) is 19.9. The van der Waals surface area contributed by atoms with Crippen molar-refractivity contribution < 1.29 is 67.6 Å². The Morgan fingerprint density at radius 2 is 1.69 bits per heavy atom. The number of methoxy groups -OCH3 is 4. The molecule has 2 heterocycles. The number of ether oxygens (including phenoxy) is 4. The molecule has 0 atom stereocenters. The van der Waals surface area contributed by atoms with E-state index in [9.17, 15) is 14.7 Å². The van der Waals surface area contributed by atoms with Crippen molar-refractivity contribution in [2.75, 3.05) is 28.4 Å². The first kappa shape index (κ1) is 26.1. The minimum atomic E-state index is -1.29. The summed E-state index contributed by atoms with van der Waals surface area (Å²) in [6.07, 6.45) is 2.89. The average Bonchev–Trinajstić information content (AvgIpc) is 3.45. The summed E-state index contributed by atoms with van der Waals surface area (Å²) in [6.45, 7) is -0.440. The number of hydrogen-bond donors (Lipinski definition) is 0. The minimum Gasteiger partial charge on any atom is -0.548 e. The second-order valence-electron chi connectivity index (χ2n) is 7.21. The first-order valence-corrected chi connectivity index (χ1v) is 10.1. The molecule has 0 N–H and O–H groups in total. The third-order valence-electron chi connectivity index (χ3n) is 5.24. The summed E-state index contributed by atoms with van der Waals surface area (Å²) < 4.78 is 28.6. The molecular weight excluding hydrogens is 467 g/mol. The van der Waals surface area contributed by atoms with Crippen molar-refractivity contribution in [2.24, 2.45) is 0 Å². The molecule has 0 saturated heterocycles. The second-order valence-corrected chi connectivity index (χ2v) is 7.21. The standard InChI is InChI=1S/C24H22N2O8.Na/c1-30-15-5-6-16-17(9-15)34-23(14-10-25-26(11-14)12-20(27)28)21(16)22(29)13-7-18(31-2)24(33-4)19(8-13)32-3;/h5-11H,12H2,1-4H3,(H,27,28);/q;+1/p-1. The molecule has 0 unspecified atom stereocenters. The summed E-state index contributed by atoms with van der Waals surface area (Å²) in [7, 11) is 5.92. The van der Waals surface area contributed by atoms with E-state index in [-0.39, 0.29) is 52.2 Å². The fraction of sp³-hybridized carbons (Fsp3) is 0.208. The van der Waals surface area contributed by atoms with E-state index in [2.05, 4.69) is 5.10 Å². The number of furan rings is 1. The van der Waals surface area contributed by atoms with Gasteiger partial charge >= 0.3 is 29.6 Å². The van der Waals surface area contributed by atoms with Crippen LogP contribution in [0, 0.1) is 0 Å². The van der Waals surface area contributed by atoms with Crippen LogP contribution in [0.15, 0.2) is 47.1 Å². The van der Waals surface area contributed by atoms with E-state index in [4.69, 9.17) is 23.4 Å². The number of aromatic nitrogens is 2. The van der Waals surface area contributed by atoms with Gasteiger partial charge in [0.1, 0.15) is 17.1 Å². The number of nitrogens with zero attached hydrogens (tertiary/aromatic N) is 2. The first-order valence-electron chi connectivity index (χ1n) is 10.1. The zero-order valence-corrected chi connectivity index (χ0v) is 21.9. The van der Waals surface area contributed by atoms with E-state index in [1.165, 1.54) is 45.5 Å². The van der Waals surface area contributed by atoms with E-state index in [1.807, 2.05) is 0 Å². The van der Waals surface area contributed by atoms with Gasteiger partial charge in [-0.3, -0.25) is 9.48 Å². The smallest absolute Gasteiger partial charge is 0.548 e. The van der Waals surface area contributed by atoms with Crippen molar-refractivity contribution in [3.8, 4) is 34.3 Å². The Hall–Kier alpha value is -3.47. The molecule has 2 aromatic heterocycles. The third kappa shape index (κ3) is 5.00. The van der Waals surface area contributed by atoms with Crippen molar-refractivity contribution in [1.29, 1.82) is 0 Å². The van der Waals surface area contributed by atoms with E-state index in [0.717, 1.165) is 0 Å². The number of carbonyl (C=O) groups is 2. The number of rotatable bonds is 9. The minimum absolute atomic E-state index is 0. The molecule has 0 aliphatic heterocycles. The normalized spacial score (nSPS) is 10.5. The van der Waals surface area contributed by atoms with Crippen LogP contribution in [0.1, 0.15) is 15.9 Å². The van der Waals surface area contributed by atoms with Crippen LogP contribution >= 0.6 is 0 Å². The topological polar surface area (TPSA) is 125 Å². The van der Waals surface area contributed by atoms with E-state index >= 15 is 0 Å². The van der Waals surface area contributed by atoms with Gasteiger partial charge in [0.15, 0.2) is 17.3 Å². The first-order chi connectivity index (χ1) is 16.4. The molecule has 0 aliphatic rings. The molecule has 4 aromatic rings. The van der Waals surface area contributed by atoms with Crippen LogP contribution in [0.2, 0.25) is 0 Å². The fourth-order valence-corrected chi connectivity index (χ4v) is 3.69. The van der Waals surface area contributed by atoms with Gasteiger partial charge in [-0.05, 0) is 24.3 Å². The van der Waals surface area contributed by atoms with Crippen LogP contribution in [0.5, 0.6) is 23.0 Å². The maximum Gasteiger partial charge on any atom is 1.00 e. The molecule has 0 aliphatic carbocycles. The van der Waals surface area contributed by atoms with Crippen molar-refractivity contribution in [2.45, 2.75) is 6.54 Å². The van der Waals surface area contributed by atoms with Crippen LogP contribution in [-0.2, 0) is 11.3 Å². The molecule has 10 nitrogen and oxygen atoms in total. The largest absolute Gasteiger partial charge is 1.00 e. The SMILES string of the molecule is COc1ccc2c(C(=O)c3cc(OC)c(OC)c(OC)c3)c(-c3cnn(CC(=O)[O-])c3)oc2c1.[Na+]. The van der Waals surface area contributed by atoms with Gasteiger partial charge in [-0.2, -0.15) is 5.10 Å². The zero-order chi connectivity index (χ0) is 24.4. The number of ketones is 1. The number of carboxylic acids is 1. The molecule has 176 valence electrons. The average molecular weight is 488 g/mol. The van der Waals surface area contributed by atoms with Gasteiger partial charge in [0, 0.05) is 23.2 Å². The molecular formula is C24H21N2NaO8. The Morgan fingerprint density at radius 1 is 1.00 bits per heavy atom. The summed E-state index contributed by atoms with van der Waals surface area (Å²) in [5.74, 6) is 0.112. The predicted octanol–water partition coefficient (Wildman–Crippen LogP) is -0.684. The Labute approximate surface area is 222 Å². The van der Waals surface area contributed by atoms with E-state index in [1.54, 1.807) is 30.3 Å². The third-order valence-corrected chi connectivity index (χ3v) is 5.24. The van der Waals surface area contributed by atoms with Gasteiger partial charge in [-0.15, -0.1) is 0 Å². The Balaban J connectivity index is 0.00000342. The molecule has 0 saturated carbocycles. The summed E-state index contributed by atoms with van der Waals surface area (Å²) in [5.41, 5.74) is 1.38. The predicted molar refractivity (Wildman–Crippen MR) is 119 cm³/mol.